The molecule has 2 N–H and O–H groups in total. The van der Waals surface area contributed by atoms with Crippen LogP contribution in [0.5, 0.6) is 17.2 Å². The lowest BCUT2D eigenvalue weighted by molar-refractivity contribution is -0.117. The quantitative estimate of drug-likeness (QED) is 0.736. The Morgan fingerprint density at radius 1 is 1.19 bits per heavy atom. The van der Waals surface area contributed by atoms with Crippen molar-refractivity contribution in [1.82, 2.24) is 0 Å². The first-order chi connectivity index (χ1) is 12.7. The molecule has 144 valence electrons. The van der Waals surface area contributed by atoms with Crippen LogP contribution in [0.3, 0.4) is 0 Å². The number of carbonyl (C=O) groups excluding carboxylic acids is 1. The third-order valence-corrected chi connectivity index (χ3v) is 3.97. The maximum absolute atomic E-state index is 12.5. The number of anilines is 1. The topological polar surface area (TPSA) is 74.0 Å². The van der Waals surface area contributed by atoms with E-state index >= 15 is 0 Å². The number of amides is 1. The van der Waals surface area contributed by atoms with Gasteiger partial charge in [-0.25, -0.2) is 0 Å². The zero-order valence-electron chi connectivity index (χ0n) is 14.9. The van der Waals surface area contributed by atoms with Gasteiger partial charge in [-0.05, 0) is 18.2 Å². The molecule has 2 aromatic rings. The SMILES string of the molecule is C=CCOc1ccccc1CN(C(=O)CN)c1ccc2c(c1)OCCO2.Cl. The van der Waals surface area contributed by atoms with Crippen LogP contribution in [0.25, 0.3) is 0 Å². The molecule has 0 aromatic heterocycles. The van der Waals surface area contributed by atoms with E-state index in [1.54, 1.807) is 23.1 Å². The maximum atomic E-state index is 12.5. The average molecular weight is 391 g/mol. The molecule has 0 aliphatic carbocycles. The van der Waals surface area contributed by atoms with Crippen molar-refractivity contribution in [3.05, 3.63) is 60.7 Å². The van der Waals surface area contributed by atoms with Gasteiger partial charge in [-0.15, -0.1) is 12.4 Å². The van der Waals surface area contributed by atoms with Crippen LogP contribution in [-0.4, -0.2) is 32.3 Å². The number of carbonyl (C=O) groups is 1. The minimum atomic E-state index is -0.194. The standard InChI is InChI=1S/C20H22N2O4.ClH/c1-2-9-24-17-6-4-3-5-15(17)14-22(20(23)13-21)16-7-8-18-19(12-16)26-11-10-25-18;/h2-8,12H,1,9-11,13-14,21H2;1H. The van der Waals surface area contributed by atoms with Crippen LogP contribution in [0.15, 0.2) is 55.1 Å². The van der Waals surface area contributed by atoms with Crippen molar-refractivity contribution in [3.63, 3.8) is 0 Å². The van der Waals surface area contributed by atoms with E-state index in [0.717, 1.165) is 5.56 Å². The van der Waals surface area contributed by atoms with Crippen molar-refractivity contribution in [3.8, 4) is 17.2 Å². The predicted molar refractivity (Wildman–Crippen MR) is 107 cm³/mol. The summed E-state index contributed by atoms with van der Waals surface area (Å²) in [7, 11) is 0. The van der Waals surface area contributed by atoms with Gasteiger partial charge in [0, 0.05) is 17.3 Å². The number of hydrogen-bond donors (Lipinski definition) is 1. The molecular weight excluding hydrogens is 368 g/mol. The van der Waals surface area contributed by atoms with Gasteiger partial charge in [-0.1, -0.05) is 30.9 Å². The van der Waals surface area contributed by atoms with E-state index in [1.165, 1.54) is 0 Å². The van der Waals surface area contributed by atoms with Crippen LogP contribution in [0, 0.1) is 0 Å². The van der Waals surface area contributed by atoms with Gasteiger partial charge in [0.15, 0.2) is 11.5 Å². The van der Waals surface area contributed by atoms with E-state index in [0.29, 0.717) is 49.3 Å². The number of nitrogens with zero attached hydrogens (tertiary/aromatic N) is 1. The molecule has 1 aliphatic heterocycles. The van der Waals surface area contributed by atoms with Crippen LogP contribution < -0.4 is 24.8 Å². The highest BCUT2D eigenvalue weighted by atomic mass is 35.5. The predicted octanol–water partition coefficient (Wildman–Crippen LogP) is 2.94. The molecule has 0 fully saturated rings. The van der Waals surface area contributed by atoms with Crippen LogP contribution >= 0.6 is 12.4 Å². The molecule has 7 heteroatoms. The van der Waals surface area contributed by atoms with Gasteiger partial charge in [-0.2, -0.15) is 0 Å². The van der Waals surface area contributed by atoms with Crippen LogP contribution in [-0.2, 0) is 11.3 Å². The van der Waals surface area contributed by atoms with Crippen molar-refractivity contribution in [2.75, 3.05) is 31.3 Å². The fourth-order valence-electron chi connectivity index (χ4n) is 2.73. The fraction of sp³-hybridized carbons (Fsp3) is 0.250. The van der Waals surface area contributed by atoms with Crippen LogP contribution in [0.4, 0.5) is 5.69 Å². The van der Waals surface area contributed by atoms with Gasteiger partial charge in [0.25, 0.3) is 0 Å². The first kappa shape index (κ1) is 20.6. The second kappa shape index (κ2) is 9.85. The summed E-state index contributed by atoms with van der Waals surface area (Å²) in [6.45, 7) is 5.31. The molecule has 27 heavy (non-hydrogen) atoms. The van der Waals surface area contributed by atoms with Crippen molar-refractivity contribution in [2.45, 2.75) is 6.54 Å². The molecule has 0 saturated heterocycles. The molecule has 0 bridgehead atoms. The van der Waals surface area contributed by atoms with E-state index in [4.69, 9.17) is 19.9 Å². The smallest absolute Gasteiger partial charge is 0.241 e. The number of hydrogen-bond acceptors (Lipinski definition) is 5. The molecule has 0 saturated carbocycles. The Labute approximate surface area is 164 Å². The molecule has 0 spiro atoms. The summed E-state index contributed by atoms with van der Waals surface area (Å²) in [5.41, 5.74) is 7.21. The Kier molecular flexibility index (Phi) is 7.52. The number of halogens is 1. The lowest BCUT2D eigenvalue weighted by Gasteiger charge is -2.26. The molecule has 0 unspecified atom stereocenters. The van der Waals surface area contributed by atoms with E-state index in [-0.39, 0.29) is 24.9 Å². The third-order valence-electron chi connectivity index (χ3n) is 3.97. The van der Waals surface area contributed by atoms with Gasteiger partial charge >= 0.3 is 0 Å². The molecule has 2 aromatic carbocycles. The van der Waals surface area contributed by atoms with Crippen molar-refractivity contribution in [2.24, 2.45) is 5.73 Å². The number of benzene rings is 2. The zero-order valence-corrected chi connectivity index (χ0v) is 15.7. The number of nitrogens with two attached hydrogens (primary N) is 1. The summed E-state index contributed by atoms with van der Waals surface area (Å²) < 4.78 is 16.9. The highest BCUT2D eigenvalue weighted by Crippen LogP contribution is 2.35. The Morgan fingerprint density at radius 2 is 1.93 bits per heavy atom. The summed E-state index contributed by atoms with van der Waals surface area (Å²) in [5, 5.41) is 0. The average Bonchev–Trinajstić information content (AvgIpc) is 2.70. The summed E-state index contributed by atoms with van der Waals surface area (Å²) in [5.74, 6) is 1.81. The molecule has 3 rings (SSSR count). The minimum absolute atomic E-state index is 0. The van der Waals surface area contributed by atoms with Crippen LogP contribution in [0.1, 0.15) is 5.56 Å². The van der Waals surface area contributed by atoms with Crippen LogP contribution in [0.2, 0.25) is 0 Å². The first-order valence-electron chi connectivity index (χ1n) is 8.44. The normalized spacial score (nSPS) is 11.9. The second-order valence-corrected chi connectivity index (χ2v) is 5.72. The number of ether oxygens (including phenoxy) is 3. The lowest BCUT2D eigenvalue weighted by Crippen LogP contribution is -2.35. The van der Waals surface area contributed by atoms with Gasteiger partial charge in [0.1, 0.15) is 25.6 Å². The van der Waals surface area contributed by atoms with Gasteiger partial charge in [0.05, 0.1) is 13.1 Å². The highest BCUT2D eigenvalue weighted by Gasteiger charge is 2.20. The van der Waals surface area contributed by atoms with E-state index in [2.05, 4.69) is 6.58 Å². The minimum Gasteiger partial charge on any atom is -0.489 e. The Morgan fingerprint density at radius 3 is 2.67 bits per heavy atom. The number of fused-ring (bicyclic) bond motifs is 1. The molecular formula is C20H23ClN2O4. The second-order valence-electron chi connectivity index (χ2n) is 5.72. The zero-order chi connectivity index (χ0) is 18.4. The maximum Gasteiger partial charge on any atom is 0.241 e. The van der Waals surface area contributed by atoms with E-state index in [9.17, 15) is 4.79 Å². The molecule has 0 radical (unpaired) electrons. The van der Waals surface area contributed by atoms with Gasteiger partial charge in [0.2, 0.25) is 5.91 Å². The van der Waals surface area contributed by atoms with Crippen molar-refractivity contribution in [1.29, 1.82) is 0 Å². The fourth-order valence-corrected chi connectivity index (χ4v) is 2.73. The summed E-state index contributed by atoms with van der Waals surface area (Å²) >= 11 is 0. The van der Waals surface area contributed by atoms with Crippen molar-refractivity contribution < 1.29 is 19.0 Å². The monoisotopic (exact) mass is 390 g/mol. The molecule has 1 amide bonds. The molecule has 6 nitrogen and oxygen atoms in total. The summed E-state index contributed by atoms with van der Waals surface area (Å²) in [6, 6.07) is 13.0. The number of rotatable bonds is 7. The summed E-state index contributed by atoms with van der Waals surface area (Å²) in [4.78, 5) is 14.1. The lowest BCUT2D eigenvalue weighted by atomic mass is 10.1. The Bertz CT molecular complexity index is 797. The summed E-state index contributed by atoms with van der Waals surface area (Å²) in [6.07, 6.45) is 1.68. The van der Waals surface area contributed by atoms with Crippen molar-refractivity contribution >= 4 is 24.0 Å². The molecule has 0 atom stereocenters. The van der Waals surface area contributed by atoms with Gasteiger partial charge in [-0.3, -0.25) is 4.79 Å². The molecule has 1 aliphatic rings. The first-order valence-corrected chi connectivity index (χ1v) is 8.44. The number of para-hydroxylation sites is 1. The Hall–Kier alpha value is -2.70. The van der Waals surface area contributed by atoms with Gasteiger partial charge < -0.3 is 24.8 Å². The largest absolute Gasteiger partial charge is 0.489 e. The third kappa shape index (κ3) is 4.93. The van der Waals surface area contributed by atoms with E-state index < -0.39 is 0 Å². The Balaban J connectivity index is 0.00000261. The van der Waals surface area contributed by atoms with E-state index in [1.807, 2.05) is 30.3 Å². The highest BCUT2D eigenvalue weighted by molar-refractivity contribution is 5.95. The molecule has 1 heterocycles.